The van der Waals surface area contributed by atoms with Crippen molar-refractivity contribution in [2.45, 2.75) is 37.3 Å². The number of anilines is 1. The first-order valence-electron chi connectivity index (χ1n) is 11.5. The van der Waals surface area contributed by atoms with Gasteiger partial charge in [-0.15, -0.1) is 5.10 Å². The van der Waals surface area contributed by atoms with Gasteiger partial charge in [0.1, 0.15) is 5.75 Å². The van der Waals surface area contributed by atoms with Crippen molar-refractivity contribution in [2.24, 2.45) is 7.05 Å². The molecule has 0 saturated heterocycles. The van der Waals surface area contributed by atoms with Crippen LogP contribution in [-0.4, -0.2) is 37.9 Å². The smallest absolute Gasteiger partial charge is 0.265 e. The van der Waals surface area contributed by atoms with E-state index in [4.69, 9.17) is 9.72 Å². The number of methoxy groups -OCH3 is 1. The molecule has 0 radical (unpaired) electrons. The van der Waals surface area contributed by atoms with E-state index >= 15 is 0 Å². The lowest BCUT2D eigenvalue weighted by Gasteiger charge is -2.34. The molecule has 8 nitrogen and oxygen atoms in total. The molecule has 0 aliphatic heterocycles. The van der Waals surface area contributed by atoms with Crippen molar-refractivity contribution in [3.8, 4) is 17.0 Å². The fourth-order valence-electron chi connectivity index (χ4n) is 4.69. The second kappa shape index (κ2) is 8.88. The van der Waals surface area contributed by atoms with Gasteiger partial charge in [0, 0.05) is 29.8 Å². The molecule has 4 aromatic rings. The number of thioether (sulfide) groups is 1. The third-order valence-electron chi connectivity index (χ3n) is 6.70. The quantitative estimate of drug-likeness (QED) is 0.411. The van der Waals surface area contributed by atoms with Gasteiger partial charge in [0.15, 0.2) is 5.16 Å². The fraction of sp³-hybridized carbons (Fsp3) is 0.308. The molecule has 0 fully saturated rings. The SMILES string of the molecule is CC[C@]1(C)Cc2ccccc2-c2nc3n(C)nc(SCC(=O)Nc4cccc(OC)c4)n3c(=O)c21. The summed E-state index contributed by atoms with van der Waals surface area (Å²) in [6.45, 7) is 4.23. The lowest BCUT2D eigenvalue weighted by molar-refractivity contribution is -0.113. The summed E-state index contributed by atoms with van der Waals surface area (Å²) >= 11 is 1.21. The number of carbonyl (C=O) groups excluding carboxylic acids is 1. The zero-order valence-corrected chi connectivity index (χ0v) is 21.0. The van der Waals surface area contributed by atoms with Gasteiger partial charge in [-0.05, 0) is 30.5 Å². The van der Waals surface area contributed by atoms with Crippen molar-refractivity contribution in [2.75, 3.05) is 18.2 Å². The number of hydrogen-bond donors (Lipinski definition) is 1. The van der Waals surface area contributed by atoms with Gasteiger partial charge < -0.3 is 10.1 Å². The Labute approximate surface area is 207 Å². The minimum atomic E-state index is -0.337. The highest BCUT2D eigenvalue weighted by Gasteiger charge is 2.38. The van der Waals surface area contributed by atoms with E-state index < -0.39 is 0 Å². The van der Waals surface area contributed by atoms with Gasteiger partial charge in [-0.25, -0.2) is 14.1 Å². The van der Waals surface area contributed by atoms with E-state index in [1.165, 1.54) is 17.3 Å². The van der Waals surface area contributed by atoms with Crippen molar-refractivity contribution in [3.63, 3.8) is 0 Å². The summed E-state index contributed by atoms with van der Waals surface area (Å²) in [4.78, 5) is 31.5. The van der Waals surface area contributed by atoms with Crippen molar-refractivity contribution in [3.05, 3.63) is 70.0 Å². The Balaban J connectivity index is 1.51. The topological polar surface area (TPSA) is 90.5 Å². The summed E-state index contributed by atoms with van der Waals surface area (Å²) in [7, 11) is 3.35. The predicted molar refractivity (Wildman–Crippen MR) is 137 cm³/mol. The lowest BCUT2D eigenvalue weighted by atomic mass is 9.69. The van der Waals surface area contributed by atoms with Crippen LogP contribution in [0, 0.1) is 0 Å². The maximum Gasteiger partial charge on any atom is 0.265 e. The Hall–Kier alpha value is -3.59. The summed E-state index contributed by atoms with van der Waals surface area (Å²) in [6, 6.07) is 15.3. The van der Waals surface area contributed by atoms with Gasteiger partial charge in [-0.1, -0.05) is 55.9 Å². The molecular formula is C26H27N5O3S. The van der Waals surface area contributed by atoms with Crippen molar-refractivity contribution >= 4 is 29.1 Å². The molecule has 5 rings (SSSR count). The number of carbonyl (C=O) groups is 1. The summed E-state index contributed by atoms with van der Waals surface area (Å²) in [5.41, 5.74) is 3.84. The van der Waals surface area contributed by atoms with Crippen molar-refractivity contribution in [1.29, 1.82) is 0 Å². The highest BCUT2D eigenvalue weighted by molar-refractivity contribution is 7.99. The van der Waals surface area contributed by atoms with Crippen LogP contribution in [0.2, 0.25) is 0 Å². The Morgan fingerprint density at radius 2 is 2.03 bits per heavy atom. The molecule has 2 aromatic heterocycles. The Kier molecular flexibility index (Phi) is 5.88. The van der Waals surface area contributed by atoms with Gasteiger partial charge in [0.05, 0.1) is 24.1 Å². The largest absolute Gasteiger partial charge is 0.497 e. The van der Waals surface area contributed by atoms with E-state index in [0.29, 0.717) is 27.9 Å². The van der Waals surface area contributed by atoms with E-state index in [1.807, 2.05) is 30.3 Å². The molecule has 1 aliphatic rings. The van der Waals surface area contributed by atoms with Crippen LogP contribution in [0.3, 0.4) is 0 Å². The molecule has 0 spiro atoms. The van der Waals surface area contributed by atoms with E-state index in [-0.39, 0.29) is 22.6 Å². The van der Waals surface area contributed by atoms with Crippen LogP contribution in [-0.2, 0) is 23.7 Å². The monoisotopic (exact) mass is 489 g/mol. The second-order valence-electron chi connectivity index (χ2n) is 9.00. The van der Waals surface area contributed by atoms with Crippen LogP contribution < -0.4 is 15.6 Å². The number of hydrogen-bond acceptors (Lipinski definition) is 6. The molecule has 1 N–H and O–H groups in total. The summed E-state index contributed by atoms with van der Waals surface area (Å²) < 4.78 is 8.36. The minimum Gasteiger partial charge on any atom is -0.497 e. The number of benzene rings is 2. The van der Waals surface area contributed by atoms with Crippen LogP contribution in [0.15, 0.2) is 58.5 Å². The summed E-state index contributed by atoms with van der Waals surface area (Å²) in [6.07, 6.45) is 1.59. The maximum absolute atomic E-state index is 13.9. The number of nitrogens with one attached hydrogen (secondary N) is 1. The van der Waals surface area contributed by atoms with Gasteiger partial charge in [0.25, 0.3) is 5.56 Å². The van der Waals surface area contributed by atoms with E-state index in [2.05, 4.69) is 30.3 Å². The van der Waals surface area contributed by atoms with Crippen LogP contribution in [0.1, 0.15) is 31.4 Å². The van der Waals surface area contributed by atoms with Crippen LogP contribution in [0.25, 0.3) is 17.0 Å². The third-order valence-corrected chi connectivity index (χ3v) is 7.63. The maximum atomic E-state index is 13.9. The van der Waals surface area contributed by atoms with E-state index in [9.17, 15) is 9.59 Å². The third kappa shape index (κ3) is 3.99. The molecule has 0 saturated carbocycles. The van der Waals surface area contributed by atoms with Crippen molar-refractivity contribution < 1.29 is 9.53 Å². The molecule has 9 heteroatoms. The van der Waals surface area contributed by atoms with Gasteiger partial charge in [0.2, 0.25) is 11.7 Å². The van der Waals surface area contributed by atoms with Gasteiger partial charge in [-0.2, -0.15) is 0 Å². The zero-order valence-electron chi connectivity index (χ0n) is 20.2. The first-order valence-corrected chi connectivity index (χ1v) is 12.5. The Bertz CT molecular complexity index is 1510. The Morgan fingerprint density at radius 3 is 2.80 bits per heavy atom. The number of nitrogens with zero attached hydrogens (tertiary/aromatic N) is 4. The molecule has 1 atom stereocenters. The molecule has 2 aromatic carbocycles. The standard InChI is InChI=1S/C26H27N5O3S/c1-5-26(2)14-16-9-6-7-12-19(16)22-21(26)23(33)31-24(28-22)30(3)29-25(31)35-15-20(32)27-17-10-8-11-18(13-17)34-4/h6-13H,5,14-15H2,1-4H3,(H,27,32)/t26-/m1/s1. The van der Waals surface area contributed by atoms with Crippen LogP contribution >= 0.6 is 11.8 Å². The number of fused-ring (bicyclic) bond motifs is 4. The number of aryl methyl sites for hydroxylation is 1. The highest BCUT2D eigenvalue weighted by atomic mass is 32.2. The molecule has 0 bridgehead atoms. The predicted octanol–water partition coefficient (Wildman–Crippen LogP) is 4.06. The highest BCUT2D eigenvalue weighted by Crippen LogP contribution is 2.42. The van der Waals surface area contributed by atoms with Gasteiger partial charge in [-0.3, -0.25) is 9.59 Å². The first kappa shape index (κ1) is 23.2. The number of ether oxygens (including phenoxy) is 1. The zero-order chi connectivity index (χ0) is 24.7. The Morgan fingerprint density at radius 1 is 1.23 bits per heavy atom. The van der Waals surface area contributed by atoms with E-state index in [1.54, 1.807) is 35.4 Å². The summed E-state index contributed by atoms with van der Waals surface area (Å²) in [5.74, 6) is 1.02. The van der Waals surface area contributed by atoms with E-state index in [0.717, 1.165) is 24.1 Å². The number of rotatable bonds is 6. The second-order valence-corrected chi connectivity index (χ2v) is 9.94. The fourth-order valence-corrected chi connectivity index (χ4v) is 5.50. The molecule has 0 unspecified atom stereocenters. The molecule has 2 heterocycles. The van der Waals surface area contributed by atoms with Gasteiger partial charge >= 0.3 is 0 Å². The average Bonchev–Trinajstić information content (AvgIpc) is 3.18. The normalized spacial score (nSPS) is 16.6. The molecule has 180 valence electrons. The molecular weight excluding hydrogens is 462 g/mol. The molecule has 35 heavy (non-hydrogen) atoms. The summed E-state index contributed by atoms with van der Waals surface area (Å²) in [5, 5.41) is 7.85. The number of amides is 1. The van der Waals surface area contributed by atoms with Crippen LogP contribution in [0.4, 0.5) is 5.69 Å². The molecule has 1 amide bonds. The number of aromatic nitrogens is 4. The molecule has 1 aliphatic carbocycles. The average molecular weight is 490 g/mol. The first-order chi connectivity index (χ1) is 16.8. The van der Waals surface area contributed by atoms with Crippen molar-refractivity contribution in [1.82, 2.24) is 19.2 Å². The lowest BCUT2D eigenvalue weighted by Crippen LogP contribution is -2.37. The minimum absolute atomic E-state index is 0.0979. The van der Waals surface area contributed by atoms with Crippen LogP contribution in [0.5, 0.6) is 5.75 Å².